The molecule has 0 unspecified atom stereocenters. The summed E-state index contributed by atoms with van der Waals surface area (Å²) in [6, 6.07) is -0.290. The highest BCUT2D eigenvalue weighted by Gasteiger charge is 2.26. The number of rotatable bonds is 6. The van der Waals surface area contributed by atoms with Gasteiger partial charge in [0.15, 0.2) is 5.16 Å². The van der Waals surface area contributed by atoms with E-state index in [-0.39, 0.29) is 17.7 Å². The van der Waals surface area contributed by atoms with Crippen molar-refractivity contribution in [1.82, 2.24) is 19.8 Å². The molecular weight excluding hydrogens is 288 g/mol. The van der Waals surface area contributed by atoms with Crippen LogP contribution in [0, 0.1) is 13.8 Å². The summed E-state index contributed by atoms with van der Waals surface area (Å²) in [4.78, 5) is 29.3. The molecule has 1 aromatic rings. The first-order valence-corrected chi connectivity index (χ1v) is 8.27. The van der Waals surface area contributed by atoms with E-state index in [1.54, 1.807) is 0 Å². The fourth-order valence-electron chi connectivity index (χ4n) is 2.23. The Labute approximate surface area is 129 Å². The number of carbonyl (C=O) groups is 2. The fourth-order valence-corrected chi connectivity index (χ4v) is 3.22. The molecule has 21 heavy (non-hydrogen) atoms. The molecule has 2 heterocycles. The van der Waals surface area contributed by atoms with E-state index in [4.69, 9.17) is 0 Å². The Morgan fingerprint density at radius 3 is 2.81 bits per heavy atom. The van der Waals surface area contributed by atoms with Gasteiger partial charge in [-0.05, 0) is 20.3 Å². The van der Waals surface area contributed by atoms with Crippen LogP contribution in [0.2, 0.25) is 0 Å². The molecule has 0 spiro atoms. The van der Waals surface area contributed by atoms with E-state index in [1.165, 1.54) is 16.7 Å². The molecule has 3 amide bonds. The SMILES string of the molecule is CCCCn1c(SCC(=O)N2CCNC2=O)nc(C)c1C. The summed E-state index contributed by atoms with van der Waals surface area (Å²) >= 11 is 1.41. The lowest BCUT2D eigenvalue weighted by molar-refractivity contribution is -0.124. The van der Waals surface area contributed by atoms with Crippen LogP contribution in [-0.2, 0) is 11.3 Å². The van der Waals surface area contributed by atoms with E-state index in [2.05, 4.69) is 28.7 Å². The van der Waals surface area contributed by atoms with Gasteiger partial charge in [-0.1, -0.05) is 25.1 Å². The Balaban J connectivity index is 2.00. The number of thioether (sulfide) groups is 1. The van der Waals surface area contributed by atoms with Crippen LogP contribution in [0.3, 0.4) is 0 Å². The third-order valence-electron chi connectivity index (χ3n) is 3.64. The van der Waals surface area contributed by atoms with Crippen LogP contribution in [0.5, 0.6) is 0 Å². The van der Waals surface area contributed by atoms with E-state index in [9.17, 15) is 9.59 Å². The van der Waals surface area contributed by atoms with E-state index in [0.717, 1.165) is 35.9 Å². The molecule has 1 N–H and O–H groups in total. The zero-order valence-electron chi connectivity index (χ0n) is 12.8. The zero-order chi connectivity index (χ0) is 15.4. The molecule has 0 radical (unpaired) electrons. The van der Waals surface area contributed by atoms with Gasteiger partial charge in [-0.2, -0.15) is 0 Å². The molecule has 2 rings (SSSR count). The highest BCUT2D eigenvalue weighted by atomic mass is 32.2. The number of aromatic nitrogens is 2. The van der Waals surface area contributed by atoms with Crippen LogP contribution >= 0.6 is 11.8 Å². The molecular formula is C14H22N4O2S. The van der Waals surface area contributed by atoms with E-state index in [1.807, 2.05) is 6.92 Å². The van der Waals surface area contributed by atoms with Gasteiger partial charge >= 0.3 is 6.03 Å². The molecule has 6 nitrogen and oxygen atoms in total. The molecule has 0 atom stereocenters. The smallest absolute Gasteiger partial charge is 0.324 e. The van der Waals surface area contributed by atoms with Crippen molar-refractivity contribution < 1.29 is 9.59 Å². The van der Waals surface area contributed by atoms with Crippen molar-refractivity contribution in [2.24, 2.45) is 0 Å². The number of urea groups is 1. The maximum atomic E-state index is 12.1. The highest BCUT2D eigenvalue weighted by Crippen LogP contribution is 2.22. The lowest BCUT2D eigenvalue weighted by atomic mass is 10.3. The van der Waals surface area contributed by atoms with Gasteiger partial charge in [-0.3, -0.25) is 9.69 Å². The number of amides is 3. The molecule has 116 valence electrons. The van der Waals surface area contributed by atoms with Gasteiger partial charge in [0.05, 0.1) is 11.4 Å². The standard InChI is InChI=1S/C14H22N4O2S/c1-4-5-7-17-11(3)10(2)16-14(17)21-9-12(19)18-8-6-15-13(18)20/h4-9H2,1-3H3,(H,15,20). The number of imidazole rings is 1. The maximum absolute atomic E-state index is 12.1. The highest BCUT2D eigenvalue weighted by molar-refractivity contribution is 7.99. The van der Waals surface area contributed by atoms with Crippen molar-refractivity contribution in [2.45, 2.75) is 45.3 Å². The number of carbonyl (C=O) groups excluding carboxylic acids is 2. The van der Waals surface area contributed by atoms with Crippen LogP contribution in [0.25, 0.3) is 0 Å². The van der Waals surface area contributed by atoms with Crippen LogP contribution in [0.1, 0.15) is 31.2 Å². The Hall–Kier alpha value is -1.50. The van der Waals surface area contributed by atoms with Crippen LogP contribution in [0.4, 0.5) is 4.79 Å². The normalized spacial score (nSPS) is 14.6. The molecule has 0 saturated carbocycles. The number of nitrogens with zero attached hydrogens (tertiary/aromatic N) is 3. The Bertz CT molecular complexity index is 541. The second kappa shape index (κ2) is 6.98. The fraction of sp³-hybridized carbons (Fsp3) is 0.643. The first-order valence-electron chi connectivity index (χ1n) is 7.29. The van der Waals surface area contributed by atoms with Crippen LogP contribution < -0.4 is 5.32 Å². The number of hydrogen-bond acceptors (Lipinski definition) is 4. The number of aryl methyl sites for hydroxylation is 1. The second-order valence-corrected chi connectivity index (χ2v) is 6.08. The van der Waals surface area contributed by atoms with Gasteiger partial charge in [-0.25, -0.2) is 9.78 Å². The summed E-state index contributed by atoms with van der Waals surface area (Å²) in [5.74, 6) is 0.0884. The minimum absolute atomic E-state index is 0.157. The monoisotopic (exact) mass is 310 g/mol. The summed E-state index contributed by atoms with van der Waals surface area (Å²) in [5.41, 5.74) is 2.15. The van der Waals surface area contributed by atoms with E-state index in [0.29, 0.717) is 13.1 Å². The zero-order valence-corrected chi connectivity index (χ0v) is 13.6. The molecule has 1 saturated heterocycles. The van der Waals surface area contributed by atoms with Crippen LogP contribution in [0.15, 0.2) is 5.16 Å². The minimum atomic E-state index is -0.290. The summed E-state index contributed by atoms with van der Waals surface area (Å²) in [7, 11) is 0. The van der Waals surface area contributed by atoms with Gasteiger partial charge in [-0.15, -0.1) is 0 Å². The minimum Gasteiger partial charge on any atom is -0.336 e. The number of nitrogens with one attached hydrogen (secondary N) is 1. The first kappa shape index (κ1) is 15.9. The van der Waals surface area contributed by atoms with Crippen molar-refractivity contribution in [3.05, 3.63) is 11.4 Å². The number of hydrogen-bond donors (Lipinski definition) is 1. The summed E-state index contributed by atoms with van der Waals surface area (Å²) < 4.78 is 2.17. The van der Waals surface area contributed by atoms with Gasteiger partial charge in [0.25, 0.3) is 0 Å². The lowest BCUT2D eigenvalue weighted by Gasteiger charge is -2.12. The largest absolute Gasteiger partial charge is 0.336 e. The molecule has 0 aliphatic carbocycles. The molecule has 0 bridgehead atoms. The third kappa shape index (κ3) is 3.58. The van der Waals surface area contributed by atoms with Gasteiger partial charge in [0, 0.05) is 25.3 Å². The Morgan fingerprint density at radius 2 is 2.19 bits per heavy atom. The molecule has 1 aromatic heterocycles. The van der Waals surface area contributed by atoms with Crippen molar-refractivity contribution >= 4 is 23.7 Å². The molecule has 1 aliphatic heterocycles. The first-order chi connectivity index (χ1) is 10.0. The number of imide groups is 1. The summed E-state index contributed by atoms with van der Waals surface area (Å²) in [5, 5.41) is 3.50. The maximum Gasteiger partial charge on any atom is 0.324 e. The molecule has 1 fully saturated rings. The van der Waals surface area contributed by atoms with Gasteiger partial charge in [0.2, 0.25) is 5.91 Å². The van der Waals surface area contributed by atoms with Gasteiger partial charge in [0.1, 0.15) is 0 Å². The predicted molar refractivity (Wildman–Crippen MR) is 82.4 cm³/mol. The Morgan fingerprint density at radius 1 is 1.43 bits per heavy atom. The average Bonchev–Trinajstić information content (AvgIpc) is 3.00. The molecule has 7 heteroatoms. The average molecular weight is 310 g/mol. The third-order valence-corrected chi connectivity index (χ3v) is 4.60. The van der Waals surface area contributed by atoms with Crippen LogP contribution in [-0.4, -0.2) is 45.2 Å². The number of unbranched alkanes of at least 4 members (excludes halogenated alkanes) is 1. The molecule has 1 aliphatic rings. The second-order valence-electron chi connectivity index (χ2n) is 5.14. The summed E-state index contributed by atoms with van der Waals surface area (Å²) in [6.45, 7) is 8.11. The summed E-state index contributed by atoms with van der Waals surface area (Å²) in [6.07, 6.45) is 2.21. The quantitative estimate of drug-likeness (QED) is 0.816. The van der Waals surface area contributed by atoms with E-state index >= 15 is 0 Å². The van der Waals surface area contributed by atoms with Crippen molar-refractivity contribution in [3.8, 4) is 0 Å². The van der Waals surface area contributed by atoms with Crippen molar-refractivity contribution in [2.75, 3.05) is 18.8 Å². The Kier molecular flexibility index (Phi) is 5.27. The predicted octanol–water partition coefficient (Wildman–Crippen LogP) is 1.94. The van der Waals surface area contributed by atoms with E-state index < -0.39 is 0 Å². The molecule has 0 aromatic carbocycles. The van der Waals surface area contributed by atoms with Crippen molar-refractivity contribution in [3.63, 3.8) is 0 Å². The van der Waals surface area contributed by atoms with Gasteiger partial charge < -0.3 is 9.88 Å². The lowest BCUT2D eigenvalue weighted by Crippen LogP contribution is -2.35. The topological polar surface area (TPSA) is 67.2 Å². The van der Waals surface area contributed by atoms with Crippen molar-refractivity contribution in [1.29, 1.82) is 0 Å².